The van der Waals surface area contributed by atoms with Gasteiger partial charge in [0.1, 0.15) is 11.5 Å². The molecule has 0 bridgehead atoms. The van der Waals surface area contributed by atoms with E-state index < -0.39 is 6.10 Å². The Morgan fingerprint density at radius 1 is 1.29 bits per heavy atom. The maximum absolute atomic E-state index is 10.1. The van der Waals surface area contributed by atoms with Gasteiger partial charge in [0.2, 0.25) is 0 Å². The zero-order chi connectivity index (χ0) is 15.1. The maximum Gasteiger partial charge on any atom is 0.142 e. The number of ether oxygens (including phenoxy) is 3. The molecule has 0 aliphatic carbocycles. The zero-order valence-corrected chi connectivity index (χ0v) is 12.7. The van der Waals surface area contributed by atoms with Crippen molar-refractivity contribution in [2.24, 2.45) is 0 Å². The van der Waals surface area contributed by atoms with Crippen molar-refractivity contribution in [2.75, 3.05) is 58.9 Å². The number of aliphatic hydroxyl groups excluding tert-OH is 1. The number of hydrogen-bond acceptors (Lipinski definition) is 6. The molecule has 6 nitrogen and oxygen atoms in total. The first-order valence-electron chi connectivity index (χ1n) is 7.17. The fraction of sp³-hybridized carbons (Fsp3) is 0.600. The topological polar surface area (TPSA) is 63.2 Å². The van der Waals surface area contributed by atoms with E-state index in [1.54, 1.807) is 14.2 Å². The predicted molar refractivity (Wildman–Crippen MR) is 81.3 cm³/mol. The third kappa shape index (κ3) is 4.77. The largest absolute Gasteiger partial charge is 0.497 e. The van der Waals surface area contributed by atoms with Crippen molar-refractivity contribution < 1.29 is 19.3 Å². The van der Waals surface area contributed by atoms with Crippen LogP contribution >= 0.6 is 0 Å². The van der Waals surface area contributed by atoms with Crippen molar-refractivity contribution >= 4 is 5.69 Å². The number of methoxy groups -OCH3 is 2. The Hall–Kier alpha value is -1.50. The van der Waals surface area contributed by atoms with E-state index >= 15 is 0 Å². The van der Waals surface area contributed by atoms with E-state index in [0.717, 1.165) is 43.5 Å². The van der Waals surface area contributed by atoms with Crippen LogP contribution in [0.1, 0.15) is 0 Å². The van der Waals surface area contributed by atoms with Crippen molar-refractivity contribution in [1.29, 1.82) is 0 Å². The summed E-state index contributed by atoms with van der Waals surface area (Å²) < 4.78 is 15.8. The lowest BCUT2D eigenvalue weighted by Crippen LogP contribution is -2.42. The van der Waals surface area contributed by atoms with Gasteiger partial charge in [-0.05, 0) is 12.1 Å². The summed E-state index contributed by atoms with van der Waals surface area (Å²) in [7, 11) is 3.25. The molecule has 118 valence electrons. The van der Waals surface area contributed by atoms with Crippen molar-refractivity contribution in [3.63, 3.8) is 0 Å². The highest BCUT2D eigenvalue weighted by atomic mass is 16.5. The molecule has 1 aromatic rings. The lowest BCUT2D eigenvalue weighted by atomic mass is 10.2. The number of benzene rings is 1. The summed E-state index contributed by atoms with van der Waals surface area (Å²) in [5.41, 5.74) is 0.817. The highest BCUT2D eigenvalue weighted by molar-refractivity contribution is 5.59. The molecule has 1 aromatic carbocycles. The van der Waals surface area contributed by atoms with Gasteiger partial charge in [0.05, 0.1) is 39.2 Å². The molecule has 1 aliphatic heterocycles. The van der Waals surface area contributed by atoms with Gasteiger partial charge < -0.3 is 24.6 Å². The van der Waals surface area contributed by atoms with Crippen molar-refractivity contribution in [3.8, 4) is 11.5 Å². The third-order valence-electron chi connectivity index (χ3n) is 3.51. The number of nitrogens with one attached hydrogen (secondary N) is 1. The van der Waals surface area contributed by atoms with Crippen LogP contribution in [0.15, 0.2) is 18.2 Å². The lowest BCUT2D eigenvalue weighted by molar-refractivity contribution is 0.0171. The van der Waals surface area contributed by atoms with Crippen LogP contribution in [0.5, 0.6) is 11.5 Å². The Bertz CT molecular complexity index is 436. The summed E-state index contributed by atoms with van der Waals surface area (Å²) in [4.78, 5) is 2.21. The van der Waals surface area contributed by atoms with Gasteiger partial charge in [-0.3, -0.25) is 4.90 Å². The Morgan fingerprint density at radius 2 is 2.05 bits per heavy atom. The highest BCUT2D eigenvalue weighted by Crippen LogP contribution is 2.28. The van der Waals surface area contributed by atoms with Gasteiger partial charge in [-0.15, -0.1) is 0 Å². The summed E-state index contributed by atoms with van der Waals surface area (Å²) in [6.45, 7) is 4.33. The summed E-state index contributed by atoms with van der Waals surface area (Å²) in [6, 6.07) is 5.55. The average Bonchev–Trinajstić information content (AvgIpc) is 2.53. The molecule has 0 aromatic heterocycles. The summed E-state index contributed by atoms with van der Waals surface area (Å²) in [5, 5.41) is 13.4. The summed E-state index contributed by atoms with van der Waals surface area (Å²) in [6.07, 6.45) is -0.445. The second-order valence-electron chi connectivity index (χ2n) is 5.01. The van der Waals surface area contributed by atoms with Crippen molar-refractivity contribution in [2.45, 2.75) is 6.10 Å². The monoisotopic (exact) mass is 296 g/mol. The molecule has 6 heteroatoms. The SMILES string of the molecule is COc1ccc(OC)c(NCC(O)CN2CCOCC2)c1. The van der Waals surface area contributed by atoms with Gasteiger partial charge in [-0.2, -0.15) is 0 Å². The van der Waals surface area contributed by atoms with Crippen LogP contribution in [0, 0.1) is 0 Å². The molecule has 0 spiro atoms. The molecule has 1 heterocycles. The van der Waals surface area contributed by atoms with E-state index in [9.17, 15) is 5.11 Å². The Morgan fingerprint density at radius 3 is 2.71 bits per heavy atom. The molecule has 0 radical (unpaired) electrons. The minimum atomic E-state index is -0.445. The molecular formula is C15H24N2O4. The number of hydrogen-bond donors (Lipinski definition) is 2. The molecule has 0 amide bonds. The minimum Gasteiger partial charge on any atom is -0.497 e. The smallest absolute Gasteiger partial charge is 0.142 e. The van der Waals surface area contributed by atoms with Crippen molar-refractivity contribution in [3.05, 3.63) is 18.2 Å². The molecule has 2 N–H and O–H groups in total. The quantitative estimate of drug-likeness (QED) is 0.776. The third-order valence-corrected chi connectivity index (χ3v) is 3.51. The highest BCUT2D eigenvalue weighted by Gasteiger charge is 2.15. The molecular weight excluding hydrogens is 272 g/mol. The molecule has 1 fully saturated rings. The summed E-state index contributed by atoms with van der Waals surface area (Å²) in [5.74, 6) is 1.48. The molecule has 1 saturated heterocycles. The zero-order valence-electron chi connectivity index (χ0n) is 12.7. The number of aliphatic hydroxyl groups is 1. The molecule has 1 atom stereocenters. The van der Waals surface area contributed by atoms with Gasteiger partial charge in [0.15, 0.2) is 0 Å². The lowest BCUT2D eigenvalue weighted by Gasteiger charge is -2.28. The van der Waals surface area contributed by atoms with Crippen LogP contribution in [0.25, 0.3) is 0 Å². The second kappa shape index (κ2) is 8.07. The number of anilines is 1. The molecule has 0 saturated carbocycles. The number of nitrogens with zero attached hydrogens (tertiary/aromatic N) is 1. The fourth-order valence-electron chi connectivity index (χ4n) is 2.33. The molecule has 1 aliphatic rings. The van der Waals surface area contributed by atoms with Gasteiger partial charge in [-0.1, -0.05) is 0 Å². The Labute approximate surface area is 125 Å². The standard InChI is InChI=1S/C15H24N2O4/c1-19-13-3-4-15(20-2)14(9-13)16-10-12(18)11-17-5-7-21-8-6-17/h3-4,9,12,16,18H,5-8,10-11H2,1-2H3. The number of β-amino-alcohol motifs (C(OH)–C–C–N with tert-alkyl or cyclic N) is 1. The number of morpholine rings is 1. The van der Waals surface area contributed by atoms with Gasteiger partial charge in [0, 0.05) is 32.2 Å². The fourth-order valence-corrected chi connectivity index (χ4v) is 2.33. The Kier molecular flexibility index (Phi) is 6.10. The van der Waals surface area contributed by atoms with E-state index in [1.165, 1.54) is 0 Å². The first-order valence-corrected chi connectivity index (χ1v) is 7.17. The van der Waals surface area contributed by atoms with Gasteiger partial charge in [0.25, 0.3) is 0 Å². The average molecular weight is 296 g/mol. The van der Waals surface area contributed by atoms with E-state index in [-0.39, 0.29) is 0 Å². The van der Waals surface area contributed by atoms with E-state index in [1.807, 2.05) is 18.2 Å². The molecule has 1 unspecified atom stereocenters. The van der Waals surface area contributed by atoms with Crippen LogP contribution in [0.4, 0.5) is 5.69 Å². The van der Waals surface area contributed by atoms with Crippen LogP contribution in [-0.2, 0) is 4.74 Å². The van der Waals surface area contributed by atoms with Gasteiger partial charge in [-0.25, -0.2) is 0 Å². The maximum atomic E-state index is 10.1. The first-order chi connectivity index (χ1) is 10.2. The van der Waals surface area contributed by atoms with Crippen LogP contribution in [0.3, 0.4) is 0 Å². The van der Waals surface area contributed by atoms with Crippen LogP contribution in [0.2, 0.25) is 0 Å². The van der Waals surface area contributed by atoms with Gasteiger partial charge >= 0.3 is 0 Å². The predicted octanol–water partition coefficient (Wildman–Crippen LogP) is 0.809. The normalized spacial score (nSPS) is 17.3. The van der Waals surface area contributed by atoms with Crippen LogP contribution in [-0.4, -0.2) is 69.7 Å². The Balaban J connectivity index is 1.86. The van der Waals surface area contributed by atoms with Crippen LogP contribution < -0.4 is 14.8 Å². The first kappa shape index (κ1) is 15.9. The molecule has 2 rings (SSSR count). The number of rotatable bonds is 7. The van der Waals surface area contributed by atoms with E-state index in [0.29, 0.717) is 13.1 Å². The molecule has 21 heavy (non-hydrogen) atoms. The summed E-state index contributed by atoms with van der Waals surface area (Å²) >= 11 is 0. The van der Waals surface area contributed by atoms with E-state index in [4.69, 9.17) is 14.2 Å². The second-order valence-corrected chi connectivity index (χ2v) is 5.01. The van der Waals surface area contributed by atoms with E-state index in [2.05, 4.69) is 10.2 Å². The minimum absolute atomic E-state index is 0.445. The van der Waals surface area contributed by atoms with Crippen molar-refractivity contribution in [1.82, 2.24) is 4.90 Å².